The van der Waals surface area contributed by atoms with Crippen LogP contribution < -0.4 is 5.19 Å². The van der Waals surface area contributed by atoms with Gasteiger partial charge in [0, 0.05) is 0 Å². The molecule has 0 atom stereocenters. The van der Waals surface area contributed by atoms with Crippen molar-refractivity contribution < 1.29 is 0 Å². The van der Waals surface area contributed by atoms with Crippen molar-refractivity contribution in [3.05, 3.63) is 140 Å². The first-order valence-corrected chi connectivity index (χ1v) is 17.6. The van der Waals surface area contributed by atoms with Crippen LogP contribution in [-0.2, 0) is 0 Å². The number of hydrogen-bond donors (Lipinski definition) is 0. The quantitative estimate of drug-likeness (QED) is 0.157. The lowest BCUT2D eigenvalue weighted by molar-refractivity contribution is 1.62. The van der Waals surface area contributed by atoms with Gasteiger partial charge in [-0.3, -0.25) is 0 Å². The summed E-state index contributed by atoms with van der Waals surface area (Å²) in [5, 5.41) is 9.22. The smallest absolute Gasteiger partial charge is 0.0656 e. The van der Waals surface area contributed by atoms with Crippen LogP contribution in [0.5, 0.6) is 0 Å². The van der Waals surface area contributed by atoms with E-state index in [0.717, 1.165) is 0 Å². The van der Waals surface area contributed by atoms with Gasteiger partial charge in [-0.2, -0.15) is 0 Å². The van der Waals surface area contributed by atoms with Gasteiger partial charge >= 0.3 is 0 Å². The summed E-state index contributed by atoms with van der Waals surface area (Å²) in [5.41, 5.74) is 7.64. The Morgan fingerprint density at radius 1 is 0.350 bits per heavy atom. The van der Waals surface area contributed by atoms with Gasteiger partial charge in [0.15, 0.2) is 0 Å². The highest BCUT2D eigenvalue weighted by atomic mass is 28.3. The summed E-state index contributed by atoms with van der Waals surface area (Å²) >= 11 is 0. The van der Waals surface area contributed by atoms with Gasteiger partial charge in [0.05, 0.1) is 8.07 Å². The van der Waals surface area contributed by atoms with E-state index in [-0.39, 0.29) is 0 Å². The number of benzene rings is 7. The number of fused-ring (bicyclic) bond motifs is 3. The van der Waals surface area contributed by atoms with Crippen LogP contribution in [0.2, 0.25) is 19.6 Å². The molecule has 0 aliphatic heterocycles. The van der Waals surface area contributed by atoms with Gasteiger partial charge < -0.3 is 0 Å². The zero-order valence-electron chi connectivity index (χ0n) is 23.3. The first-order chi connectivity index (χ1) is 19.5. The molecular weight excluding hydrogens is 497 g/mol. The number of hydrogen-bond acceptors (Lipinski definition) is 0. The molecule has 0 heterocycles. The molecule has 0 radical (unpaired) electrons. The lowest BCUT2D eigenvalue weighted by Crippen LogP contribution is -2.37. The lowest BCUT2D eigenvalue weighted by Gasteiger charge is -2.20. The van der Waals surface area contributed by atoms with Crippen molar-refractivity contribution in [1.82, 2.24) is 0 Å². The SMILES string of the molecule is C[Si](C)(C)c1ccc(-c2c3ccccc3c(-c3cccc(-c4ccc5ccccc5c4)c3)c3ccccc23)cc1. The van der Waals surface area contributed by atoms with E-state index in [1.54, 1.807) is 0 Å². The molecule has 0 saturated heterocycles. The molecule has 0 unspecified atom stereocenters. The second kappa shape index (κ2) is 9.62. The molecule has 0 spiro atoms. The van der Waals surface area contributed by atoms with Crippen LogP contribution in [0.25, 0.3) is 65.7 Å². The fraction of sp³-hybridized carbons (Fsp3) is 0.0769. The van der Waals surface area contributed by atoms with Gasteiger partial charge in [0.1, 0.15) is 0 Å². The van der Waals surface area contributed by atoms with Crippen molar-refractivity contribution in [2.45, 2.75) is 19.6 Å². The molecule has 0 aromatic heterocycles. The molecular formula is C39H32Si. The molecule has 0 saturated carbocycles. The minimum atomic E-state index is -1.37. The predicted octanol–water partition coefficient (Wildman–Crippen LogP) is 10.7. The number of rotatable bonds is 4. The Labute approximate surface area is 237 Å². The highest BCUT2D eigenvalue weighted by molar-refractivity contribution is 6.88. The summed E-state index contributed by atoms with van der Waals surface area (Å²) in [6.07, 6.45) is 0. The maximum absolute atomic E-state index is 2.41. The highest BCUT2D eigenvalue weighted by Crippen LogP contribution is 2.44. The van der Waals surface area contributed by atoms with Gasteiger partial charge in [-0.05, 0) is 77.8 Å². The largest absolute Gasteiger partial charge is 0.0775 e. The fourth-order valence-corrected chi connectivity index (χ4v) is 7.28. The van der Waals surface area contributed by atoms with Crippen LogP contribution in [-0.4, -0.2) is 8.07 Å². The molecule has 7 rings (SSSR count). The predicted molar refractivity (Wildman–Crippen MR) is 178 cm³/mol. The summed E-state index contributed by atoms with van der Waals surface area (Å²) in [7, 11) is -1.37. The molecule has 0 aliphatic rings. The van der Waals surface area contributed by atoms with Crippen LogP contribution >= 0.6 is 0 Å². The van der Waals surface area contributed by atoms with Crippen LogP contribution in [0.15, 0.2) is 140 Å². The van der Waals surface area contributed by atoms with E-state index in [9.17, 15) is 0 Å². The zero-order valence-corrected chi connectivity index (χ0v) is 24.3. The third-order valence-electron chi connectivity index (χ3n) is 8.21. The monoisotopic (exact) mass is 528 g/mol. The Kier molecular flexibility index (Phi) is 5.91. The molecule has 0 nitrogen and oxygen atoms in total. The van der Waals surface area contributed by atoms with Gasteiger partial charge in [0.2, 0.25) is 0 Å². The molecule has 0 bridgehead atoms. The van der Waals surface area contributed by atoms with Gasteiger partial charge in [-0.15, -0.1) is 0 Å². The van der Waals surface area contributed by atoms with E-state index in [2.05, 4.69) is 159 Å². The first kappa shape index (κ1) is 24.6. The zero-order chi connectivity index (χ0) is 27.3. The molecule has 1 heteroatoms. The Bertz CT molecular complexity index is 1970. The van der Waals surface area contributed by atoms with E-state index in [1.165, 1.54) is 70.9 Å². The van der Waals surface area contributed by atoms with Crippen LogP contribution in [0, 0.1) is 0 Å². The molecule has 0 fully saturated rings. The standard InChI is InChI=1S/C39H32Si/c1-40(2,3)33-23-21-28(22-24-33)38-34-15-6-8-17-36(34)39(37-18-9-7-16-35(37)38)32-14-10-13-30(26-32)31-20-19-27-11-4-5-12-29(27)25-31/h4-26H,1-3H3. The Hall–Kier alpha value is -4.46. The molecule has 7 aromatic rings. The van der Waals surface area contributed by atoms with Crippen molar-refractivity contribution in [3.8, 4) is 33.4 Å². The minimum absolute atomic E-state index is 1.24. The molecule has 7 aromatic carbocycles. The molecule has 192 valence electrons. The maximum Gasteiger partial charge on any atom is 0.0775 e. The second-order valence-corrected chi connectivity index (χ2v) is 16.9. The lowest BCUT2D eigenvalue weighted by atomic mass is 9.85. The molecule has 0 aliphatic carbocycles. The summed E-state index contributed by atoms with van der Waals surface area (Å²) in [4.78, 5) is 0. The van der Waals surface area contributed by atoms with Crippen molar-refractivity contribution in [3.63, 3.8) is 0 Å². The highest BCUT2D eigenvalue weighted by Gasteiger charge is 2.19. The van der Waals surface area contributed by atoms with Crippen molar-refractivity contribution in [2.75, 3.05) is 0 Å². The van der Waals surface area contributed by atoms with E-state index in [4.69, 9.17) is 0 Å². The Balaban J connectivity index is 1.46. The third-order valence-corrected chi connectivity index (χ3v) is 10.3. The third kappa shape index (κ3) is 4.24. The maximum atomic E-state index is 2.41. The van der Waals surface area contributed by atoms with E-state index < -0.39 is 8.07 Å². The Morgan fingerprint density at radius 3 is 1.43 bits per heavy atom. The van der Waals surface area contributed by atoms with Crippen LogP contribution in [0.3, 0.4) is 0 Å². The van der Waals surface area contributed by atoms with E-state index >= 15 is 0 Å². The van der Waals surface area contributed by atoms with Gasteiger partial charge in [-0.1, -0.05) is 152 Å². The molecule has 40 heavy (non-hydrogen) atoms. The summed E-state index contributed by atoms with van der Waals surface area (Å²) in [6, 6.07) is 51.6. The normalized spacial score (nSPS) is 11.9. The van der Waals surface area contributed by atoms with Gasteiger partial charge in [0.25, 0.3) is 0 Å². The summed E-state index contributed by atoms with van der Waals surface area (Å²) in [6.45, 7) is 7.23. The summed E-state index contributed by atoms with van der Waals surface area (Å²) < 4.78 is 0. The van der Waals surface area contributed by atoms with Crippen LogP contribution in [0.4, 0.5) is 0 Å². The molecule has 0 N–H and O–H groups in total. The van der Waals surface area contributed by atoms with E-state index in [0.29, 0.717) is 0 Å². The van der Waals surface area contributed by atoms with Crippen molar-refractivity contribution in [2.24, 2.45) is 0 Å². The van der Waals surface area contributed by atoms with Crippen molar-refractivity contribution in [1.29, 1.82) is 0 Å². The van der Waals surface area contributed by atoms with E-state index in [1.807, 2.05) is 0 Å². The first-order valence-electron chi connectivity index (χ1n) is 14.1. The minimum Gasteiger partial charge on any atom is -0.0656 e. The fourth-order valence-electron chi connectivity index (χ4n) is 6.11. The average Bonchev–Trinajstić information content (AvgIpc) is 2.99. The van der Waals surface area contributed by atoms with Crippen molar-refractivity contribution >= 4 is 45.6 Å². The van der Waals surface area contributed by atoms with Crippen LogP contribution in [0.1, 0.15) is 0 Å². The topological polar surface area (TPSA) is 0 Å². The molecule has 0 amide bonds. The van der Waals surface area contributed by atoms with Gasteiger partial charge in [-0.25, -0.2) is 0 Å². The summed E-state index contributed by atoms with van der Waals surface area (Å²) in [5.74, 6) is 0. The Morgan fingerprint density at radius 2 is 0.825 bits per heavy atom. The average molecular weight is 529 g/mol. The second-order valence-electron chi connectivity index (χ2n) is 11.8.